The lowest BCUT2D eigenvalue weighted by molar-refractivity contribution is 0.0710. The second-order valence-corrected chi connectivity index (χ2v) is 8.55. The molecule has 1 atom stereocenters. The van der Waals surface area contributed by atoms with Gasteiger partial charge in [0.15, 0.2) is 5.76 Å². The lowest BCUT2D eigenvalue weighted by Crippen LogP contribution is -2.50. The zero-order chi connectivity index (χ0) is 22.9. The monoisotopic (exact) mass is 471 g/mol. The van der Waals surface area contributed by atoms with Crippen molar-refractivity contribution in [3.63, 3.8) is 0 Å². The zero-order valence-corrected chi connectivity index (χ0v) is 18.7. The number of aromatic hydroxyl groups is 1. The van der Waals surface area contributed by atoms with Gasteiger partial charge in [0.25, 0.3) is 0 Å². The van der Waals surface area contributed by atoms with E-state index in [2.05, 4.69) is 10.1 Å². The molecule has 4 heterocycles. The number of benzene rings is 1. The number of nitrogens with zero attached hydrogens (tertiary/aromatic N) is 5. The van der Waals surface area contributed by atoms with Crippen LogP contribution in [0.4, 0.5) is 9.18 Å². The summed E-state index contributed by atoms with van der Waals surface area (Å²) in [5, 5.41) is 15.4. The molecule has 4 aromatic rings. The molecule has 172 valence electrons. The number of rotatable bonds is 5. The van der Waals surface area contributed by atoms with Gasteiger partial charge in [0.05, 0.1) is 23.8 Å². The van der Waals surface area contributed by atoms with E-state index in [-0.39, 0.29) is 17.8 Å². The number of carbonyl (C=O) groups is 1. The van der Waals surface area contributed by atoms with Gasteiger partial charge in [0, 0.05) is 31.7 Å². The maximum atomic E-state index is 14.9. The van der Waals surface area contributed by atoms with Gasteiger partial charge in [-0.3, -0.25) is 4.90 Å². The lowest BCUT2D eigenvalue weighted by atomic mass is 10.0. The number of amides is 1. The minimum Gasteiger partial charge on any atom is -0.492 e. The van der Waals surface area contributed by atoms with E-state index < -0.39 is 6.04 Å². The van der Waals surface area contributed by atoms with Crippen molar-refractivity contribution >= 4 is 22.4 Å². The maximum Gasteiger partial charge on any atom is 0.409 e. The number of piperazine rings is 1. The molecular weight excluding hydrogens is 449 g/mol. The quantitative estimate of drug-likeness (QED) is 0.473. The normalized spacial score (nSPS) is 15.8. The van der Waals surface area contributed by atoms with E-state index >= 15 is 0 Å². The molecule has 0 radical (unpaired) electrons. The Balaban J connectivity index is 1.50. The topological polar surface area (TPSA) is 96.3 Å². The molecule has 1 saturated heterocycles. The van der Waals surface area contributed by atoms with E-state index in [9.17, 15) is 14.3 Å². The molecular formula is C22H22FN5O4S. The Bertz CT molecular complexity index is 1260. The van der Waals surface area contributed by atoms with Gasteiger partial charge in [-0.15, -0.1) is 5.10 Å². The number of halogens is 1. The Morgan fingerprint density at radius 3 is 2.70 bits per heavy atom. The number of ether oxygens (including phenoxy) is 1. The first kappa shape index (κ1) is 21.4. The number of thiazole rings is 1. The van der Waals surface area contributed by atoms with Gasteiger partial charge in [-0.1, -0.05) is 29.5 Å². The van der Waals surface area contributed by atoms with Crippen molar-refractivity contribution in [2.24, 2.45) is 0 Å². The summed E-state index contributed by atoms with van der Waals surface area (Å²) in [6, 6.07) is 9.43. The molecule has 1 fully saturated rings. The third-order valence-corrected chi connectivity index (χ3v) is 6.67. The largest absolute Gasteiger partial charge is 0.492 e. The molecule has 33 heavy (non-hydrogen) atoms. The average Bonchev–Trinajstić information content (AvgIpc) is 3.55. The second-order valence-electron chi connectivity index (χ2n) is 7.54. The molecule has 0 spiro atoms. The van der Waals surface area contributed by atoms with Crippen LogP contribution in [0.3, 0.4) is 0 Å². The summed E-state index contributed by atoms with van der Waals surface area (Å²) in [7, 11) is 0. The van der Waals surface area contributed by atoms with Crippen LogP contribution in [0, 0.1) is 5.82 Å². The van der Waals surface area contributed by atoms with Crippen molar-refractivity contribution in [1.29, 1.82) is 0 Å². The van der Waals surface area contributed by atoms with E-state index in [0.717, 1.165) is 0 Å². The number of hydrogen-bond donors (Lipinski definition) is 1. The standard InChI is InChI=1S/C22H22FN5O4S/c1-2-31-22(30)27-11-9-26(10-12-27)17(14-6-3-4-7-15(14)23)18-20(29)28-21(33-18)24-19(25-28)16-8-5-13-32-16/h3-8,13,17,29H,2,9-12H2,1H3/t17-/m0/s1. The van der Waals surface area contributed by atoms with Crippen molar-refractivity contribution in [3.05, 3.63) is 58.9 Å². The lowest BCUT2D eigenvalue weighted by Gasteiger charge is -2.38. The Morgan fingerprint density at radius 2 is 2.03 bits per heavy atom. The van der Waals surface area contributed by atoms with Gasteiger partial charge in [0.2, 0.25) is 16.7 Å². The molecule has 1 aliphatic rings. The van der Waals surface area contributed by atoms with Crippen molar-refractivity contribution in [2.75, 3.05) is 32.8 Å². The van der Waals surface area contributed by atoms with E-state index in [1.807, 2.05) is 4.90 Å². The summed E-state index contributed by atoms with van der Waals surface area (Å²) in [6.07, 6.45) is 1.17. The summed E-state index contributed by atoms with van der Waals surface area (Å²) < 4.78 is 26.7. The molecule has 0 aliphatic carbocycles. The number of hydrogen-bond acceptors (Lipinski definition) is 8. The Kier molecular flexibility index (Phi) is 5.73. The first-order valence-corrected chi connectivity index (χ1v) is 11.4. The van der Waals surface area contributed by atoms with Crippen LogP contribution in [0.5, 0.6) is 5.88 Å². The third kappa shape index (κ3) is 3.93. The highest BCUT2D eigenvalue weighted by Crippen LogP contribution is 2.41. The van der Waals surface area contributed by atoms with Crippen molar-refractivity contribution in [3.8, 4) is 17.5 Å². The highest BCUT2D eigenvalue weighted by molar-refractivity contribution is 7.17. The van der Waals surface area contributed by atoms with Crippen LogP contribution in [0.15, 0.2) is 47.1 Å². The van der Waals surface area contributed by atoms with Gasteiger partial charge in [-0.2, -0.15) is 9.50 Å². The van der Waals surface area contributed by atoms with E-state index in [0.29, 0.717) is 59.8 Å². The van der Waals surface area contributed by atoms with Crippen LogP contribution < -0.4 is 0 Å². The molecule has 0 saturated carbocycles. The number of fused-ring (bicyclic) bond motifs is 1. The van der Waals surface area contributed by atoms with E-state index in [1.54, 1.807) is 42.2 Å². The molecule has 0 unspecified atom stereocenters. The molecule has 1 amide bonds. The average molecular weight is 472 g/mol. The fourth-order valence-electron chi connectivity index (χ4n) is 4.02. The predicted octanol–water partition coefficient (Wildman–Crippen LogP) is 3.76. The number of carbonyl (C=O) groups excluding carboxylic acids is 1. The molecule has 11 heteroatoms. The third-order valence-electron chi connectivity index (χ3n) is 5.59. The predicted molar refractivity (Wildman–Crippen MR) is 119 cm³/mol. The van der Waals surface area contributed by atoms with Crippen molar-refractivity contribution < 1.29 is 23.4 Å². The van der Waals surface area contributed by atoms with Gasteiger partial charge in [-0.25, -0.2) is 9.18 Å². The van der Waals surface area contributed by atoms with Crippen LogP contribution in [0.1, 0.15) is 23.4 Å². The molecule has 1 aromatic carbocycles. The minimum absolute atomic E-state index is 0.0959. The van der Waals surface area contributed by atoms with Gasteiger partial charge in [-0.05, 0) is 25.1 Å². The van der Waals surface area contributed by atoms with Crippen LogP contribution in [-0.4, -0.2) is 68.4 Å². The SMILES string of the molecule is CCOC(=O)N1CCN([C@@H](c2ccccc2F)c2sc3nc(-c4ccco4)nn3c2O)CC1. The van der Waals surface area contributed by atoms with E-state index in [4.69, 9.17) is 9.15 Å². The summed E-state index contributed by atoms with van der Waals surface area (Å²) in [5.74, 6) is 0.387. The molecule has 3 aromatic heterocycles. The fraction of sp³-hybridized carbons (Fsp3) is 0.318. The van der Waals surface area contributed by atoms with Gasteiger partial charge >= 0.3 is 6.09 Å². The summed E-state index contributed by atoms with van der Waals surface area (Å²) in [4.78, 5) is 21.3. The molecule has 0 bridgehead atoms. The Morgan fingerprint density at radius 1 is 1.24 bits per heavy atom. The Labute approximate surface area is 192 Å². The molecule has 1 N–H and O–H groups in total. The number of furan rings is 1. The van der Waals surface area contributed by atoms with Crippen LogP contribution >= 0.6 is 11.3 Å². The number of aromatic nitrogens is 3. The van der Waals surface area contributed by atoms with E-state index in [1.165, 1.54) is 28.2 Å². The molecule has 1 aliphatic heterocycles. The highest BCUT2D eigenvalue weighted by Gasteiger charge is 2.34. The summed E-state index contributed by atoms with van der Waals surface area (Å²) in [6.45, 7) is 3.93. The van der Waals surface area contributed by atoms with Crippen LogP contribution in [0.2, 0.25) is 0 Å². The summed E-state index contributed by atoms with van der Waals surface area (Å²) in [5.41, 5.74) is 0.438. The van der Waals surface area contributed by atoms with Crippen molar-refractivity contribution in [1.82, 2.24) is 24.4 Å². The fourth-order valence-corrected chi connectivity index (χ4v) is 5.12. The first-order valence-electron chi connectivity index (χ1n) is 10.6. The zero-order valence-electron chi connectivity index (χ0n) is 17.8. The maximum absolute atomic E-state index is 14.9. The smallest absolute Gasteiger partial charge is 0.409 e. The molecule has 5 rings (SSSR count). The molecule has 9 nitrogen and oxygen atoms in total. The van der Waals surface area contributed by atoms with Crippen LogP contribution in [-0.2, 0) is 4.74 Å². The Hall–Kier alpha value is -3.44. The van der Waals surface area contributed by atoms with Crippen LogP contribution in [0.25, 0.3) is 16.5 Å². The first-order chi connectivity index (χ1) is 16.1. The van der Waals surface area contributed by atoms with Gasteiger partial charge < -0.3 is 19.2 Å². The highest BCUT2D eigenvalue weighted by atomic mass is 32.1. The summed E-state index contributed by atoms with van der Waals surface area (Å²) >= 11 is 1.25. The van der Waals surface area contributed by atoms with Crippen molar-refractivity contribution in [2.45, 2.75) is 13.0 Å². The minimum atomic E-state index is -0.559. The van der Waals surface area contributed by atoms with Gasteiger partial charge in [0.1, 0.15) is 5.82 Å². The second kappa shape index (κ2) is 8.83.